The number of morpholine rings is 1. The van der Waals surface area contributed by atoms with Crippen LogP contribution < -0.4 is 10.6 Å². The van der Waals surface area contributed by atoms with Crippen LogP contribution >= 0.6 is 0 Å². The molecule has 1 heterocycles. The highest BCUT2D eigenvalue weighted by atomic mass is 16.5. The van der Waals surface area contributed by atoms with Crippen molar-refractivity contribution < 1.29 is 14.3 Å². The van der Waals surface area contributed by atoms with Crippen LogP contribution in [0, 0.1) is 0 Å². The van der Waals surface area contributed by atoms with Crippen LogP contribution in [0.3, 0.4) is 0 Å². The van der Waals surface area contributed by atoms with Gasteiger partial charge in [-0.15, -0.1) is 0 Å². The van der Waals surface area contributed by atoms with Crippen molar-refractivity contribution in [1.82, 2.24) is 15.5 Å². The molecule has 0 spiro atoms. The maximum absolute atomic E-state index is 12.1. The molecule has 1 fully saturated rings. The predicted octanol–water partition coefficient (Wildman–Crippen LogP) is 2.27. The third kappa shape index (κ3) is 7.61. The van der Waals surface area contributed by atoms with Crippen LogP contribution in [0.4, 0.5) is 0 Å². The molecule has 2 aromatic carbocycles. The van der Waals surface area contributed by atoms with Crippen molar-refractivity contribution in [2.24, 2.45) is 0 Å². The van der Waals surface area contributed by atoms with Gasteiger partial charge in [0, 0.05) is 39.1 Å². The molecule has 0 radical (unpaired) electrons. The maximum atomic E-state index is 12.1. The molecule has 6 heteroatoms. The summed E-state index contributed by atoms with van der Waals surface area (Å²) in [6, 6.07) is 17.9. The van der Waals surface area contributed by atoms with Crippen LogP contribution in [-0.4, -0.2) is 49.1 Å². The van der Waals surface area contributed by atoms with Crippen molar-refractivity contribution in [3.63, 3.8) is 0 Å². The molecule has 30 heavy (non-hydrogen) atoms. The van der Waals surface area contributed by atoms with Gasteiger partial charge in [0.05, 0.1) is 19.1 Å². The first-order valence-corrected chi connectivity index (χ1v) is 10.6. The van der Waals surface area contributed by atoms with E-state index in [0.29, 0.717) is 19.5 Å². The van der Waals surface area contributed by atoms with E-state index in [1.54, 1.807) is 0 Å². The second kappa shape index (κ2) is 11.5. The molecule has 2 aromatic rings. The molecule has 1 aliphatic rings. The number of benzene rings is 2. The molecule has 0 aromatic heterocycles. The summed E-state index contributed by atoms with van der Waals surface area (Å²) in [5, 5.41) is 5.74. The first-order valence-electron chi connectivity index (χ1n) is 10.6. The number of nitrogens with one attached hydrogen (secondary N) is 2. The zero-order valence-corrected chi connectivity index (χ0v) is 17.6. The Bertz CT molecular complexity index is 825. The van der Waals surface area contributed by atoms with Gasteiger partial charge in [0.2, 0.25) is 11.8 Å². The quantitative estimate of drug-likeness (QED) is 0.667. The Hall–Kier alpha value is -2.70. The lowest BCUT2D eigenvalue weighted by molar-refractivity contribution is -0.122. The number of carbonyl (C=O) groups excluding carboxylic acids is 2. The minimum absolute atomic E-state index is 0.0672. The second-order valence-electron chi connectivity index (χ2n) is 7.78. The van der Waals surface area contributed by atoms with Gasteiger partial charge in [0.25, 0.3) is 0 Å². The largest absolute Gasteiger partial charge is 0.376 e. The fourth-order valence-electron chi connectivity index (χ4n) is 3.58. The van der Waals surface area contributed by atoms with Crippen molar-refractivity contribution in [2.45, 2.75) is 39.0 Å². The Balaban J connectivity index is 1.35. The minimum Gasteiger partial charge on any atom is -0.376 e. The lowest BCUT2D eigenvalue weighted by atomic mass is 10.1. The summed E-state index contributed by atoms with van der Waals surface area (Å²) in [6.07, 6.45) is 0.873. The van der Waals surface area contributed by atoms with Crippen LogP contribution in [0.25, 0.3) is 0 Å². The Morgan fingerprint density at radius 3 is 2.57 bits per heavy atom. The number of amides is 2. The lowest BCUT2D eigenvalue weighted by Crippen LogP contribution is -2.40. The third-order valence-electron chi connectivity index (χ3n) is 5.09. The normalized spacial score (nSPS) is 16.8. The molecular weight excluding hydrogens is 378 g/mol. The fourth-order valence-corrected chi connectivity index (χ4v) is 3.58. The van der Waals surface area contributed by atoms with Crippen molar-refractivity contribution in [1.29, 1.82) is 0 Å². The van der Waals surface area contributed by atoms with E-state index in [4.69, 9.17) is 4.74 Å². The van der Waals surface area contributed by atoms with Gasteiger partial charge in [0.15, 0.2) is 0 Å². The summed E-state index contributed by atoms with van der Waals surface area (Å²) in [5.74, 6) is -0.137. The molecule has 1 aliphatic heterocycles. The van der Waals surface area contributed by atoms with E-state index in [-0.39, 0.29) is 24.3 Å². The molecule has 0 aliphatic carbocycles. The fraction of sp³-hybridized carbons (Fsp3) is 0.417. The molecule has 1 unspecified atom stereocenters. The van der Waals surface area contributed by atoms with Gasteiger partial charge in [0.1, 0.15) is 0 Å². The van der Waals surface area contributed by atoms with Crippen molar-refractivity contribution in [3.8, 4) is 0 Å². The number of nitrogens with zero attached hydrogens (tertiary/aromatic N) is 1. The number of hydrogen-bond acceptors (Lipinski definition) is 4. The zero-order chi connectivity index (χ0) is 21.2. The Labute approximate surface area is 178 Å². The molecule has 160 valence electrons. The monoisotopic (exact) mass is 409 g/mol. The van der Waals surface area contributed by atoms with Gasteiger partial charge >= 0.3 is 0 Å². The average molecular weight is 410 g/mol. The first-order chi connectivity index (χ1) is 14.6. The highest BCUT2D eigenvalue weighted by molar-refractivity contribution is 5.80. The van der Waals surface area contributed by atoms with E-state index in [1.165, 1.54) is 5.56 Å². The molecular formula is C24H31N3O3. The summed E-state index contributed by atoms with van der Waals surface area (Å²) in [4.78, 5) is 26.4. The van der Waals surface area contributed by atoms with Crippen LogP contribution in [0.5, 0.6) is 0 Å². The third-order valence-corrected chi connectivity index (χ3v) is 5.09. The molecule has 1 saturated heterocycles. The van der Waals surface area contributed by atoms with Crippen LogP contribution in [0.2, 0.25) is 0 Å². The molecule has 6 nitrogen and oxygen atoms in total. The van der Waals surface area contributed by atoms with Gasteiger partial charge in [-0.05, 0) is 23.6 Å². The van der Waals surface area contributed by atoms with Gasteiger partial charge in [-0.1, -0.05) is 54.6 Å². The molecule has 0 saturated carbocycles. The molecule has 2 amide bonds. The predicted molar refractivity (Wildman–Crippen MR) is 117 cm³/mol. The SMILES string of the molecule is CC1CN(Cc2cccc(CNC(=O)CCNC(=O)Cc3ccccc3)c2)CCO1. The average Bonchev–Trinajstić information content (AvgIpc) is 2.73. The molecule has 2 N–H and O–H groups in total. The molecule has 0 bridgehead atoms. The second-order valence-corrected chi connectivity index (χ2v) is 7.78. The molecule has 1 atom stereocenters. The number of carbonyl (C=O) groups is 2. The van der Waals surface area contributed by atoms with Crippen molar-refractivity contribution in [2.75, 3.05) is 26.2 Å². The van der Waals surface area contributed by atoms with Crippen molar-refractivity contribution in [3.05, 3.63) is 71.3 Å². The zero-order valence-electron chi connectivity index (χ0n) is 17.6. The van der Waals surface area contributed by atoms with Crippen molar-refractivity contribution >= 4 is 11.8 Å². The van der Waals surface area contributed by atoms with E-state index in [0.717, 1.165) is 37.4 Å². The van der Waals surface area contributed by atoms with Gasteiger partial charge in [-0.3, -0.25) is 14.5 Å². The lowest BCUT2D eigenvalue weighted by Gasteiger charge is -2.31. The van der Waals surface area contributed by atoms with E-state index in [1.807, 2.05) is 42.5 Å². The standard InChI is InChI=1S/C24H31N3O3/c1-19-17-27(12-13-30-19)18-22-9-5-8-21(14-22)16-26-23(28)10-11-25-24(29)15-20-6-3-2-4-7-20/h2-9,14,19H,10-13,15-18H2,1H3,(H,25,29)(H,26,28). The van der Waals surface area contributed by atoms with E-state index < -0.39 is 0 Å². The van der Waals surface area contributed by atoms with E-state index in [2.05, 4.69) is 34.6 Å². The number of ether oxygens (including phenoxy) is 1. The summed E-state index contributed by atoms with van der Waals surface area (Å²) in [5.41, 5.74) is 3.28. The van der Waals surface area contributed by atoms with E-state index in [9.17, 15) is 9.59 Å². The summed E-state index contributed by atoms with van der Waals surface area (Å²) in [7, 11) is 0. The smallest absolute Gasteiger partial charge is 0.224 e. The summed E-state index contributed by atoms with van der Waals surface area (Å²) in [6.45, 7) is 6.49. The van der Waals surface area contributed by atoms with Crippen LogP contribution in [0.1, 0.15) is 30.0 Å². The Morgan fingerprint density at radius 1 is 1.00 bits per heavy atom. The Kier molecular flexibility index (Phi) is 8.41. The minimum atomic E-state index is -0.0702. The topological polar surface area (TPSA) is 70.7 Å². The first kappa shape index (κ1) is 22.0. The van der Waals surface area contributed by atoms with Gasteiger partial charge < -0.3 is 15.4 Å². The van der Waals surface area contributed by atoms with E-state index >= 15 is 0 Å². The molecule has 3 rings (SSSR count). The van der Waals surface area contributed by atoms with Crippen LogP contribution in [-0.2, 0) is 33.8 Å². The highest BCUT2D eigenvalue weighted by Gasteiger charge is 2.16. The number of rotatable bonds is 9. The number of hydrogen-bond donors (Lipinski definition) is 2. The summed E-state index contributed by atoms with van der Waals surface area (Å²) < 4.78 is 5.60. The Morgan fingerprint density at radius 2 is 1.77 bits per heavy atom. The van der Waals surface area contributed by atoms with Crippen LogP contribution in [0.15, 0.2) is 54.6 Å². The summed E-state index contributed by atoms with van der Waals surface area (Å²) >= 11 is 0. The van der Waals surface area contributed by atoms with Gasteiger partial charge in [-0.25, -0.2) is 0 Å². The maximum Gasteiger partial charge on any atom is 0.224 e. The van der Waals surface area contributed by atoms with Gasteiger partial charge in [-0.2, -0.15) is 0 Å². The highest BCUT2D eigenvalue weighted by Crippen LogP contribution is 2.12.